The number of amidine groups is 1. The number of aryl methyl sites for hydroxylation is 1. The molecule has 0 saturated heterocycles. The van der Waals surface area contributed by atoms with Crippen LogP contribution in [-0.2, 0) is 0 Å². The van der Waals surface area contributed by atoms with Crippen LogP contribution in [0.25, 0.3) is 0 Å². The minimum absolute atomic E-state index is 0.0207. The van der Waals surface area contributed by atoms with Gasteiger partial charge in [0.15, 0.2) is 0 Å². The highest BCUT2D eigenvalue weighted by Crippen LogP contribution is 2.17. The number of guanidine groups is 1. The van der Waals surface area contributed by atoms with Crippen molar-refractivity contribution in [3.63, 3.8) is 0 Å². The lowest BCUT2D eigenvalue weighted by Gasteiger charge is -2.01. The summed E-state index contributed by atoms with van der Waals surface area (Å²) >= 11 is 1.34. The van der Waals surface area contributed by atoms with Gasteiger partial charge in [-0.1, -0.05) is 12.1 Å². The summed E-state index contributed by atoms with van der Waals surface area (Å²) in [5.41, 5.74) is 12.4. The zero-order valence-electron chi connectivity index (χ0n) is 10.2. The Kier molecular flexibility index (Phi) is 3.86. The summed E-state index contributed by atoms with van der Waals surface area (Å²) in [6.45, 7) is 1.85. The Morgan fingerprint density at radius 3 is 2.68 bits per heavy atom. The van der Waals surface area contributed by atoms with Gasteiger partial charge in [-0.15, -0.1) is 11.3 Å². The Balaban J connectivity index is 2.26. The molecule has 5 nitrogen and oxygen atoms in total. The molecule has 0 radical (unpaired) electrons. The van der Waals surface area contributed by atoms with Gasteiger partial charge in [-0.2, -0.15) is 9.98 Å². The average Bonchev–Trinajstić information content (AvgIpc) is 2.74. The van der Waals surface area contributed by atoms with Crippen molar-refractivity contribution >= 4 is 28.3 Å². The number of halogens is 1. The molecule has 19 heavy (non-hydrogen) atoms. The van der Waals surface area contributed by atoms with Gasteiger partial charge in [-0.25, -0.2) is 9.37 Å². The van der Waals surface area contributed by atoms with Crippen molar-refractivity contribution in [3.05, 3.63) is 46.7 Å². The molecule has 0 aliphatic heterocycles. The van der Waals surface area contributed by atoms with Gasteiger partial charge in [0.25, 0.3) is 0 Å². The first-order valence-electron chi connectivity index (χ1n) is 5.41. The third kappa shape index (κ3) is 3.35. The fourth-order valence-corrected chi connectivity index (χ4v) is 2.04. The van der Waals surface area contributed by atoms with Crippen molar-refractivity contribution in [2.24, 2.45) is 21.5 Å². The maximum Gasteiger partial charge on any atom is 0.224 e. The topological polar surface area (TPSA) is 89.6 Å². The Morgan fingerprint density at radius 1 is 1.32 bits per heavy atom. The molecule has 1 heterocycles. The molecule has 0 bridgehead atoms. The maximum atomic E-state index is 13.5. The molecule has 0 unspecified atom stereocenters. The molecular formula is C12H12FN5S. The SMILES string of the molecule is Cc1csc(/N=C(N)/N=C(\N)c2ccccc2F)n1. The first kappa shape index (κ1) is 13.2. The Bertz CT molecular complexity index is 647. The van der Waals surface area contributed by atoms with E-state index in [1.54, 1.807) is 12.1 Å². The van der Waals surface area contributed by atoms with Crippen LogP contribution in [0.1, 0.15) is 11.3 Å². The standard InChI is InChI=1S/C12H12FN5S/c1-7-6-19-12(16-7)18-11(15)17-10(14)8-4-2-3-5-9(8)13/h2-6H,1H3,(H4,14,15,16,17,18). The molecule has 0 fully saturated rings. The van der Waals surface area contributed by atoms with Crippen LogP contribution in [0.3, 0.4) is 0 Å². The second-order valence-corrected chi connectivity index (χ2v) is 4.55. The number of rotatable bonds is 2. The maximum absolute atomic E-state index is 13.5. The summed E-state index contributed by atoms with van der Waals surface area (Å²) in [5.74, 6) is -0.538. The van der Waals surface area contributed by atoms with E-state index in [1.807, 2.05) is 12.3 Å². The quantitative estimate of drug-likeness (QED) is 0.649. The first-order valence-corrected chi connectivity index (χ1v) is 6.29. The van der Waals surface area contributed by atoms with Gasteiger partial charge in [0.1, 0.15) is 11.7 Å². The lowest BCUT2D eigenvalue weighted by Crippen LogP contribution is -2.20. The number of aliphatic imine (C=N–C) groups is 2. The summed E-state index contributed by atoms with van der Waals surface area (Å²) in [7, 11) is 0. The van der Waals surface area contributed by atoms with E-state index in [4.69, 9.17) is 11.5 Å². The van der Waals surface area contributed by atoms with E-state index in [-0.39, 0.29) is 17.4 Å². The first-order chi connectivity index (χ1) is 9.06. The van der Waals surface area contributed by atoms with E-state index in [9.17, 15) is 4.39 Å². The van der Waals surface area contributed by atoms with Crippen LogP contribution < -0.4 is 11.5 Å². The van der Waals surface area contributed by atoms with E-state index >= 15 is 0 Å². The van der Waals surface area contributed by atoms with E-state index in [1.165, 1.54) is 23.5 Å². The number of aromatic nitrogens is 1. The van der Waals surface area contributed by atoms with Crippen LogP contribution in [-0.4, -0.2) is 16.8 Å². The number of hydrogen-bond donors (Lipinski definition) is 2. The highest BCUT2D eigenvalue weighted by Gasteiger charge is 2.05. The van der Waals surface area contributed by atoms with E-state index < -0.39 is 5.82 Å². The Morgan fingerprint density at radius 2 is 2.05 bits per heavy atom. The summed E-state index contributed by atoms with van der Waals surface area (Å²) in [5, 5.41) is 2.33. The zero-order valence-corrected chi connectivity index (χ0v) is 11.0. The van der Waals surface area contributed by atoms with E-state index in [0.717, 1.165) is 5.69 Å². The fraction of sp³-hybridized carbons (Fsp3) is 0.0833. The summed E-state index contributed by atoms with van der Waals surface area (Å²) in [4.78, 5) is 12.0. The van der Waals surface area contributed by atoms with E-state index in [2.05, 4.69) is 15.0 Å². The molecule has 0 aliphatic carbocycles. The van der Waals surface area contributed by atoms with Crippen molar-refractivity contribution < 1.29 is 4.39 Å². The predicted octanol–water partition coefficient (Wildman–Crippen LogP) is 1.94. The number of thiazole rings is 1. The highest BCUT2D eigenvalue weighted by molar-refractivity contribution is 7.13. The zero-order chi connectivity index (χ0) is 13.8. The van der Waals surface area contributed by atoms with Crippen LogP contribution in [0, 0.1) is 12.7 Å². The van der Waals surface area contributed by atoms with Crippen molar-refractivity contribution in [1.29, 1.82) is 0 Å². The van der Waals surface area contributed by atoms with E-state index in [0.29, 0.717) is 5.13 Å². The van der Waals surface area contributed by atoms with Crippen LogP contribution in [0.15, 0.2) is 39.6 Å². The fourth-order valence-electron chi connectivity index (χ4n) is 1.37. The van der Waals surface area contributed by atoms with Crippen molar-refractivity contribution in [1.82, 2.24) is 4.98 Å². The number of benzene rings is 1. The van der Waals surface area contributed by atoms with Crippen LogP contribution in [0.5, 0.6) is 0 Å². The molecule has 1 aromatic carbocycles. The second kappa shape index (κ2) is 5.57. The molecule has 0 aliphatic rings. The Labute approximate surface area is 113 Å². The molecule has 7 heteroatoms. The molecule has 4 N–H and O–H groups in total. The molecule has 98 valence electrons. The van der Waals surface area contributed by atoms with Crippen LogP contribution in [0.2, 0.25) is 0 Å². The Hall–Kier alpha value is -2.28. The number of nitrogens with zero attached hydrogens (tertiary/aromatic N) is 3. The smallest absolute Gasteiger partial charge is 0.224 e. The van der Waals surface area contributed by atoms with Crippen LogP contribution >= 0.6 is 11.3 Å². The molecule has 0 saturated carbocycles. The molecular weight excluding hydrogens is 265 g/mol. The van der Waals surface area contributed by atoms with Crippen molar-refractivity contribution in [2.75, 3.05) is 0 Å². The molecule has 0 amide bonds. The number of nitrogens with two attached hydrogens (primary N) is 2. The third-order valence-corrected chi connectivity index (χ3v) is 3.05. The van der Waals surface area contributed by atoms with Crippen LogP contribution in [0.4, 0.5) is 9.52 Å². The van der Waals surface area contributed by atoms with Crippen molar-refractivity contribution in [2.45, 2.75) is 6.92 Å². The molecule has 1 aromatic heterocycles. The third-order valence-electron chi connectivity index (χ3n) is 2.20. The molecule has 2 rings (SSSR count). The summed E-state index contributed by atoms with van der Waals surface area (Å²) in [6, 6.07) is 6.06. The monoisotopic (exact) mass is 277 g/mol. The van der Waals surface area contributed by atoms with Gasteiger partial charge < -0.3 is 11.5 Å². The van der Waals surface area contributed by atoms with Gasteiger partial charge in [-0.05, 0) is 19.1 Å². The largest absolute Gasteiger partial charge is 0.383 e. The second-order valence-electron chi connectivity index (χ2n) is 3.72. The molecule has 0 spiro atoms. The average molecular weight is 277 g/mol. The van der Waals surface area contributed by atoms with Crippen molar-refractivity contribution in [3.8, 4) is 0 Å². The van der Waals surface area contributed by atoms with Gasteiger partial charge in [0.2, 0.25) is 11.1 Å². The summed E-state index contributed by atoms with van der Waals surface area (Å²) < 4.78 is 13.5. The molecule has 0 atom stereocenters. The number of hydrogen-bond acceptors (Lipinski definition) is 3. The lowest BCUT2D eigenvalue weighted by atomic mass is 10.2. The highest BCUT2D eigenvalue weighted by atomic mass is 32.1. The van der Waals surface area contributed by atoms with Gasteiger partial charge in [0.05, 0.1) is 11.3 Å². The van der Waals surface area contributed by atoms with Gasteiger partial charge in [-0.3, -0.25) is 0 Å². The molecule has 2 aromatic rings. The normalized spacial score (nSPS) is 12.7. The minimum Gasteiger partial charge on any atom is -0.383 e. The summed E-state index contributed by atoms with van der Waals surface area (Å²) in [6.07, 6.45) is 0. The predicted molar refractivity (Wildman–Crippen MR) is 75.3 cm³/mol. The minimum atomic E-state index is -0.457. The van der Waals surface area contributed by atoms with Gasteiger partial charge in [0, 0.05) is 5.38 Å². The lowest BCUT2D eigenvalue weighted by molar-refractivity contribution is 0.625. The van der Waals surface area contributed by atoms with Gasteiger partial charge >= 0.3 is 0 Å².